The highest BCUT2D eigenvalue weighted by molar-refractivity contribution is 5.83. The van der Waals surface area contributed by atoms with Gasteiger partial charge in [-0.05, 0) is 47.9 Å². The van der Waals surface area contributed by atoms with Crippen molar-refractivity contribution in [1.82, 2.24) is 15.1 Å². The maximum Gasteiger partial charge on any atom is 0.416 e. The van der Waals surface area contributed by atoms with Gasteiger partial charge in [-0.3, -0.25) is 9.69 Å². The third-order valence-corrected chi connectivity index (χ3v) is 6.23. The maximum absolute atomic E-state index is 13.6. The molecule has 37 heavy (non-hydrogen) atoms. The van der Waals surface area contributed by atoms with Crippen LogP contribution in [0.4, 0.5) is 26.3 Å². The summed E-state index contributed by atoms with van der Waals surface area (Å²) in [5.74, 6) is 0.576. The first-order valence-electron chi connectivity index (χ1n) is 11.5. The van der Waals surface area contributed by atoms with Gasteiger partial charge in [0.05, 0.1) is 25.3 Å². The second-order valence-corrected chi connectivity index (χ2v) is 8.73. The molecule has 2 aromatic rings. The molecule has 1 heterocycles. The van der Waals surface area contributed by atoms with Gasteiger partial charge in [-0.2, -0.15) is 26.3 Å². The first kappa shape index (κ1) is 28.6. The van der Waals surface area contributed by atoms with Crippen molar-refractivity contribution in [1.29, 1.82) is 0 Å². The predicted octanol–water partition coefficient (Wildman–Crippen LogP) is 4.39. The molecular weight excluding hydrogens is 504 g/mol. The van der Waals surface area contributed by atoms with Crippen molar-refractivity contribution in [2.75, 3.05) is 54.0 Å². The number of ether oxygens (including phenoxy) is 2. The Bertz CT molecular complexity index is 1050. The molecule has 1 atom stereocenters. The monoisotopic (exact) mass is 533 g/mol. The Morgan fingerprint density at radius 3 is 2.03 bits per heavy atom. The summed E-state index contributed by atoms with van der Waals surface area (Å²) in [7, 11) is 4.44. The van der Waals surface area contributed by atoms with Crippen molar-refractivity contribution in [2.45, 2.75) is 24.8 Å². The molecule has 1 aliphatic heterocycles. The molecule has 0 bridgehead atoms. The number of amides is 1. The number of nitrogens with zero attached hydrogens (tertiary/aromatic N) is 2. The summed E-state index contributed by atoms with van der Waals surface area (Å²) in [6.07, 6.45) is -10.0. The fourth-order valence-electron chi connectivity index (χ4n) is 4.25. The molecule has 1 N–H and O–H groups in total. The molecule has 1 unspecified atom stereocenters. The van der Waals surface area contributed by atoms with E-state index in [-0.39, 0.29) is 30.5 Å². The number of piperazine rings is 1. The highest BCUT2D eigenvalue weighted by atomic mass is 19.4. The third-order valence-electron chi connectivity index (χ3n) is 6.23. The zero-order valence-corrected chi connectivity index (χ0v) is 20.7. The Kier molecular flexibility index (Phi) is 8.96. The Labute approximate surface area is 211 Å². The molecule has 0 radical (unpaired) electrons. The van der Waals surface area contributed by atoms with Crippen molar-refractivity contribution in [3.8, 4) is 11.5 Å². The highest BCUT2D eigenvalue weighted by Crippen LogP contribution is 2.37. The minimum Gasteiger partial charge on any atom is -0.493 e. The fraction of sp³-hybridized carbons (Fsp3) is 0.480. The van der Waals surface area contributed by atoms with Crippen LogP contribution in [0.1, 0.15) is 28.3 Å². The molecule has 1 saturated heterocycles. The van der Waals surface area contributed by atoms with Crippen molar-refractivity contribution >= 4 is 5.91 Å². The van der Waals surface area contributed by atoms with Gasteiger partial charge in [-0.25, -0.2) is 0 Å². The zero-order valence-electron chi connectivity index (χ0n) is 20.7. The lowest BCUT2D eigenvalue weighted by atomic mass is 10.0. The average Bonchev–Trinajstić information content (AvgIpc) is 2.86. The van der Waals surface area contributed by atoms with E-state index in [0.29, 0.717) is 55.4 Å². The first-order valence-corrected chi connectivity index (χ1v) is 11.5. The summed E-state index contributed by atoms with van der Waals surface area (Å²) < 4.78 is 89.9. The van der Waals surface area contributed by atoms with E-state index in [4.69, 9.17) is 9.47 Å². The molecule has 1 aliphatic rings. The summed E-state index contributed by atoms with van der Waals surface area (Å²) >= 11 is 0. The summed E-state index contributed by atoms with van der Waals surface area (Å²) in [5.41, 5.74) is -2.29. The normalized spacial score (nSPS) is 15.8. The molecule has 204 valence electrons. The predicted molar refractivity (Wildman–Crippen MR) is 125 cm³/mol. The molecule has 1 amide bonds. The standard InChI is InChI=1S/C25H29F6N3O3/c1-33(9-6-16-12-18(24(26,27)28)15-19(13-16)25(29,30)31)23(35)22(34-10-7-32-8-11-34)17-4-5-20(36-2)21(14-17)37-3/h4-5,12-15,22,32H,6-11H2,1-3H3. The Balaban J connectivity index is 1.86. The van der Waals surface area contributed by atoms with Gasteiger partial charge >= 0.3 is 12.4 Å². The van der Waals surface area contributed by atoms with E-state index in [1.807, 2.05) is 4.90 Å². The SMILES string of the molecule is COc1ccc(C(C(=O)N(C)CCc2cc(C(F)(F)F)cc(C(F)(F)F)c2)N2CCNCC2)cc1OC. The van der Waals surface area contributed by atoms with E-state index in [9.17, 15) is 31.1 Å². The van der Waals surface area contributed by atoms with Crippen LogP contribution in [0, 0.1) is 0 Å². The fourth-order valence-corrected chi connectivity index (χ4v) is 4.25. The van der Waals surface area contributed by atoms with Gasteiger partial charge in [0.2, 0.25) is 5.91 Å². The number of alkyl halides is 6. The zero-order chi connectivity index (χ0) is 27.4. The van der Waals surface area contributed by atoms with Gasteiger partial charge in [-0.1, -0.05) is 6.07 Å². The molecule has 12 heteroatoms. The summed E-state index contributed by atoms with van der Waals surface area (Å²) in [6, 6.07) is 5.86. The second-order valence-electron chi connectivity index (χ2n) is 8.73. The van der Waals surface area contributed by atoms with Crippen LogP contribution < -0.4 is 14.8 Å². The maximum atomic E-state index is 13.6. The minimum atomic E-state index is -4.93. The molecule has 0 spiro atoms. The van der Waals surface area contributed by atoms with Crippen molar-refractivity contribution in [3.05, 3.63) is 58.7 Å². The smallest absolute Gasteiger partial charge is 0.416 e. The number of halogens is 6. The van der Waals surface area contributed by atoms with E-state index in [1.165, 1.54) is 26.2 Å². The number of nitrogens with one attached hydrogen (secondary N) is 1. The van der Waals surface area contributed by atoms with Gasteiger partial charge in [0, 0.05) is 39.8 Å². The molecule has 0 aliphatic carbocycles. The van der Waals surface area contributed by atoms with E-state index in [0.717, 1.165) is 0 Å². The number of rotatable bonds is 8. The Morgan fingerprint density at radius 2 is 1.51 bits per heavy atom. The van der Waals surface area contributed by atoms with E-state index < -0.39 is 29.5 Å². The number of hydrogen-bond acceptors (Lipinski definition) is 5. The average molecular weight is 534 g/mol. The lowest BCUT2D eigenvalue weighted by Crippen LogP contribution is -2.50. The highest BCUT2D eigenvalue weighted by Gasteiger charge is 2.37. The quantitative estimate of drug-likeness (QED) is 0.511. The molecule has 3 rings (SSSR count). The number of likely N-dealkylation sites (N-methyl/N-ethyl adjacent to an activating group) is 1. The van der Waals surface area contributed by atoms with E-state index in [2.05, 4.69) is 5.32 Å². The van der Waals surface area contributed by atoms with E-state index in [1.54, 1.807) is 18.2 Å². The van der Waals surface area contributed by atoms with Crippen LogP contribution in [0.2, 0.25) is 0 Å². The van der Waals surface area contributed by atoms with E-state index >= 15 is 0 Å². The summed E-state index contributed by atoms with van der Waals surface area (Å²) in [6.45, 7) is 2.38. The molecular formula is C25H29F6N3O3. The van der Waals surface area contributed by atoms with Crippen LogP contribution in [0.15, 0.2) is 36.4 Å². The lowest BCUT2D eigenvalue weighted by molar-refractivity contribution is -0.143. The molecule has 2 aromatic carbocycles. The second kappa shape index (κ2) is 11.6. The number of carbonyl (C=O) groups excluding carboxylic acids is 1. The first-order chi connectivity index (χ1) is 17.3. The lowest BCUT2D eigenvalue weighted by Gasteiger charge is -2.36. The van der Waals surface area contributed by atoms with Crippen LogP contribution in [-0.2, 0) is 23.6 Å². The molecule has 0 aromatic heterocycles. The van der Waals surface area contributed by atoms with Gasteiger partial charge in [-0.15, -0.1) is 0 Å². The van der Waals surface area contributed by atoms with Crippen LogP contribution in [0.3, 0.4) is 0 Å². The van der Waals surface area contributed by atoms with Crippen molar-refractivity contribution in [3.63, 3.8) is 0 Å². The van der Waals surface area contributed by atoms with Gasteiger partial charge in [0.1, 0.15) is 6.04 Å². The number of carbonyl (C=O) groups is 1. The molecule has 6 nitrogen and oxygen atoms in total. The van der Waals surface area contributed by atoms with Crippen molar-refractivity contribution < 1.29 is 40.6 Å². The van der Waals surface area contributed by atoms with Crippen LogP contribution in [-0.4, -0.2) is 69.7 Å². The number of hydrogen-bond donors (Lipinski definition) is 1. The summed E-state index contributed by atoms with van der Waals surface area (Å²) in [4.78, 5) is 16.9. The third kappa shape index (κ3) is 7.07. The molecule has 1 fully saturated rings. The van der Waals surface area contributed by atoms with Gasteiger partial charge in [0.25, 0.3) is 0 Å². The molecule has 0 saturated carbocycles. The Morgan fingerprint density at radius 1 is 0.946 bits per heavy atom. The topological polar surface area (TPSA) is 54.0 Å². The number of methoxy groups -OCH3 is 2. The van der Waals surface area contributed by atoms with Crippen molar-refractivity contribution in [2.24, 2.45) is 0 Å². The van der Waals surface area contributed by atoms with Crippen LogP contribution in [0.25, 0.3) is 0 Å². The minimum absolute atomic E-state index is 0.0761. The van der Waals surface area contributed by atoms with Crippen LogP contribution in [0.5, 0.6) is 11.5 Å². The largest absolute Gasteiger partial charge is 0.493 e. The Hall–Kier alpha value is -2.99. The summed E-state index contributed by atoms with van der Waals surface area (Å²) in [5, 5.41) is 3.22. The number of benzene rings is 2. The van der Waals surface area contributed by atoms with Gasteiger partial charge in [0.15, 0.2) is 11.5 Å². The van der Waals surface area contributed by atoms with Gasteiger partial charge < -0.3 is 19.7 Å². The van der Waals surface area contributed by atoms with Crippen LogP contribution >= 0.6 is 0 Å².